The highest BCUT2D eigenvalue weighted by Crippen LogP contribution is 2.42. The van der Waals surface area contributed by atoms with E-state index in [0.29, 0.717) is 42.6 Å². The van der Waals surface area contributed by atoms with Gasteiger partial charge in [-0.1, -0.05) is 0 Å². The zero-order chi connectivity index (χ0) is 12.3. The van der Waals surface area contributed by atoms with Crippen LogP contribution in [0, 0.1) is 0 Å². The number of rotatable bonds is 3. The van der Waals surface area contributed by atoms with Crippen molar-refractivity contribution in [3.05, 3.63) is 17.7 Å². The third-order valence-electron chi connectivity index (χ3n) is 2.36. The van der Waals surface area contributed by atoms with Gasteiger partial charge in [0.15, 0.2) is 11.5 Å². The summed E-state index contributed by atoms with van der Waals surface area (Å²) < 4.78 is 21.0. The molecule has 17 heavy (non-hydrogen) atoms. The minimum Gasteiger partial charge on any atom is -0.490 e. The van der Waals surface area contributed by atoms with E-state index in [0.717, 1.165) is 0 Å². The minimum atomic E-state index is -0.449. The maximum absolute atomic E-state index is 11.6. The predicted octanol–water partition coefficient (Wildman–Crippen LogP) is 1.64. The Bertz CT molecular complexity index is 427. The van der Waals surface area contributed by atoms with Crippen LogP contribution in [0.1, 0.15) is 17.3 Å². The van der Waals surface area contributed by atoms with Crippen molar-refractivity contribution >= 4 is 5.97 Å². The zero-order valence-corrected chi connectivity index (χ0v) is 9.82. The molecule has 0 fully saturated rings. The van der Waals surface area contributed by atoms with Crippen molar-refractivity contribution in [1.29, 1.82) is 0 Å². The summed E-state index contributed by atoms with van der Waals surface area (Å²) in [5, 5.41) is 0. The fraction of sp³-hybridized carbons (Fsp3) is 0.417. The van der Waals surface area contributed by atoms with Crippen LogP contribution in [0.15, 0.2) is 12.1 Å². The highest BCUT2D eigenvalue weighted by molar-refractivity contribution is 5.94. The molecule has 0 saturated heterocycles. The number of hydrogen-bond acceptors (Lipinski definition) is 5. The van der Waals surface area contributed by atoms with E-state index in [2.05, 4.69) is 4.74 Å². The third kappa shape index (κ3) is 2.13. The van der Waals surface area contributed by atoms with Gasteiger partial charge in [-0.2, -0.15) is 0 Å². The van der Waals surface area contributed by atoms with Crippen molar-refractivity contribution in [2.45, 2.75) is 6.92 Å². The third-order valence-corrected chi connectivity index (χ3v) is 2.36. The number of esters is 1. The van der Waals surface area contributed by atoms with Crippen molar-refractivity contribution in [1.82, 2.24) is 0 Å². The summed E-state index contributed by atoms with van der Waals surface area (Å²) in [6, 6.07) is 3.30. The van der Waals surface area contributed by atoms with E-state index in [1.807, 2.05) is 6.92 Å². The molecular weight excluding hydrogens is 224 g/mol. The van der Waals surface area contributed by atoms with Gasteiger partial charge in [0.05, 0.1) is 13.7 Å². The lowest BCUT2D eigenvalue weighted by Crippen LogP contribution is -2.19. The van der Waals surface area contributed by atoms with E-state index in [1.165, 1.54) is 7.11 Å². The van der Waals surface area contributed by atoms with Crippen molar-refractivity contribution < 1.29 is 23.7 Å². The molecule has 1 aliphatic rings. The Morgan fingerprint density at radius 2 is 2.00 bits per heavy atom. The molecule has 0 spiro atoms. The largest absolute Gasteiger partial charge is 0.490 e. The molecule has 0 aliphatic carbocycles. The fourth-order valence-electron chi connectivity index (χ4n) is 1.65. The maximum atomic E-state index is 11.6. The normalized spacial score (nSPS) is 13.1. The number of hydrogen-bond donors (Lipinski definition) is 0. The first kappa shape index (κ1) is 11.6. The number of fused-ring (bicyclic) bond motifs is 1. The van der Waals surface area contributed by atoms with Gasteiger partial charge < -0.3 is 18.9 Å². The standard InChI is InChI=1S/C12H14O5/c1-3-15-9-5-4-8(12(13)14-2)10-11(9)17-7-6-16-10/h4-5H,3,6-7H2,1-2H3. The van der Waals surface area contributed by atoms with Crippen LogP contribution in [0.25, 0.3) is 0 Å². The van der Waals surface area contributed by atoms with E-state index in [1.54, 1.807) is 12.1 Å². The summed E-state index contributed by atoms with van der Waals surface area (Å²) >= 11 is 0. The Kier molecular flexibility index (Phi) is 3.37. The van der Waals surface area contributed by atoms with Gasteiger partial charge in [0.1, 0.15) is 18.8 Å². The predicted molar refractivity (Wildman–Crippen MR) is 59.9 cm³/mol. The minimum absolute atomic E-state index is 0.352. The van der Waals surface area contributed by atoms with Gasteiger partial charge >= 0.3 is 5.97 Å². The molecule has 2 rings (SSSR count). The Hall–Kier alpha value is -1.91. The first-order chi connectivity index (χ1) is 8.27. The molecule has 92 valence electrons. The lowest BCUT2D eigenvalue weighted by Gasteiger charge is -2.22. The molecule has 0 radical (unpaired) electrons. The number of carbonyl (C=O) groups excluding carboxylic acids is 1. The zero-order valence-electron chi connectivity index (χ0n) is 9.82. The van der Waals surface area contributed by atoms with Crippen LogP contribution in [-0.2, 0) is 4.74 Å². The summed E-state index contributed by atoms with van der Waals surface area (Å²) in [5.41, 5.74) is 0.352. The average molecular weight is 238 g/mol. The molecule has 0 unspecified atom stereocenters. The molecule has 5 heteroatoms. The van der Waals surface area contributed by atoms with Gasteiger partial charge in [0.25, 0.3) is 0 Å². The molecule has 1 aromatic carbocycles. The molecule has 0 saturated carbocycles. The second-order valence-corrected chi connectivity index (χ2v) is 3.39. The van der Waals surface area contributed by atoms with Crippen LogP contribution in [0.4, 0.5) is 0 Å². The molecule has 0 amide bonds. The van der Waals surface area contributed by atoms with E-state index in [-0.39, 0.29) is 0 Å². The van der Waals surface area contributed by atoms with Gasteiger partial charge in [0.2, 0.25) is 5.75 Å². The average Bonchev–Trinajstić information content (AvgIpc) is 2.38. The molecule has 1 aliphatic heterocycles. The Morgan fingerprint density at radius 3 is 2.65 bits per heavy atom. The molecule has 5 nitrogen and oxygen atoms in total. The fourth-order valence-corrected chi connectivity index (χ4v) is 1.65. The second kappa shape index (κ2) is 4.95. The van der Waals surface area contributed by atoms with Crippen molar-refractivity contribution in [3.63, 3.8) is 0 Å². The van der Waals surface area contributed by atoms with Gasteiger partial charge in [-0.05, 0) is 19.1 Å². The van der Waals surface area contributed by atoms with Crippen molar-refractivity contribution in [2.24, 2.45) is 0 Å². The summed E-state index contributed by atoms with van der Waals surface area (Å²) in [5.74, 6) is 1.000. The van der Waals surface area contributed by atoms with Gasteiger partial charge in [-0.3, -0.25) is 0 Å². The first-order valence-electron chi connectivity index (χ1n) is 5.41. The van der Waals surface area contributed by atoms with Crippen LogP contribution in [-0.4, -0.2) is 32.9 Å². The van der Waals surface area contributed by atoms with Crippen LogP contribution >= 0.6 is 0 Å². The Labute approximate surface area is 99.2 Å². The first-order valence-corrected chi connectivity index (χ1v) is 5.41. The van der Waals surface area contributed by atoms with E-state index in [9.17, 15) is 4.79 Å². The van der Waals surface area contributed by atoms with Crippen LogP contribution in [0.5, 0.6) is 17.2 Å². The van der Waals surface area contributed by atoms with Gasteiger partial charge in [0, 0.05) is 0 Å². The van der Waals surface area contributed by atoms with Crippen molar-refractivity contribution in [3.8, 4) is 17.2 Å². The monoisotopic (exact) mass is 238 g/mol. The lowest BCUT2D eigenvalue weighted by molar-refractivity contribution is 0.0590. The number of ether oxygens (including phenoxy) is 4. The highest BCUT2D eigenvalue weighted by Gasteiger charge is 2.24. The van der Waals surface area contributed by atoms with Crippen LogP contribution in [0.2, 0.25) is 0 Å². The second-order valence-electron chi connectivity index (χ2n) is 3.39. The molecular formula is C12H14O5. The molecule has 0 atom stereocenters. The van der Waals surface area contributed by atoms with Crippen LogP contribution in [0.3, 0.4) is 0 Å². The Morgan fingerprint density at radius 1 is 1.29 bits per heavy atom. The number of carbonyl (C=O) groups is 1. The van der Waals surface area contributed by atoms with Crippen LogP contribution < -0.4 is 14.2 Å². The smallest absolute Gasteiger partial charge is 0.341 e. The number of methoxy groups -OCH3 is 1. The molecule has 1 heterocycles. The molecule has 0 bridgehead atoms. The van der Waals surface area contributed by atoms with E-state index < -0.39 is 5.97 Å². The lowest BCUT2D eigenvalue weighted by atomic mass is 10.1. The highest BCUT2D eigenvalue weighted by atomic mass is 16.6. The summed E-state index contributed by atoms with van der Waals surface area (Å²) in [6.07, 6.45) is 0. The SMILES string of the molecule is CCOc1ccc(C(=O)OC)c2c1OCCO2. The molecule has 1 aromatic rings. The summed E-state index contributed by atoms with van der Waals surface area (Å²) in [6.45, 7) is 3.25. The molecule has 0 N–H and O–H groups in total. The van der Waals surface area contributed by atoms with E-state index in [4.69, 9.17) is 14.2 Å². The molecule has 0 aromatic heterocycles. The number of benzene rings is 1. The van der Waals surface area contributed by atoms with E-state index >= 15 is 0 Å². The van der Waals surface area contributed by atoms with Gasteiger partial charge in [-0.25, -0.2) is 4.79 Å². The topological polar surface area (TPSA) is 54.0 Å². The summed E-state index contributed by atoms with van der Waals surface area (Å²) in [7, 11) is 1.33. The van der Waals surface area contributed by atoms with Gasteiger partial charge in [-0.15, -0.1) is 0 Å². The maximum Gasteiger partial charge on any atom is 0.341 e. The quantitative estimate of drug-likeness (QED) is 0.749. The van der Waals surface area contributed by atoms with Crippen molar-refractivity contribution in [2.75, 3.05) is 26.9 Å². The summed E-state index contributed by atoms with van der Waals surface area (Å²) in [4.78, 5) is 11.6. The Balaban J connectivity index is 2.47.